The summed E-state index contributed by atoms with van der Waals surface area (Å²) in [5.74, 6) is -3.54. The summed E-state index contributed by atoms with van der Waals surface area (Å²) >= 11 is 0. The molecule has 4 rings (SSSR count). The molecule has 1 aliphatic rings. The molecule has 2 atom stereocenters. The van der Waals surface area contributed by atoms with Crippen LogP contribution in [0.2, 0.25) is 0 Å². The van der Waals surface area contributed by atoms with Crippen molar-refractivity contribution in [3.8, 4) is 22.6 Å². The van der Waals surface area contributed by atoms with Crippen LogP contribution in [0.1, 0.15) is 18.9 Å². The predicted molar refractivity (Wildman–Crippen MR) is 130 cm³/mol. The molecule has 0 saturated carbocycles. The fourth-order valence-electron chi connectivity index (χ4n) is 4.20. The Morgan fingerprint density at radius 3 is 2.48 bits per heavy atom. The first-order chi connectivity index (χ1) is 18.6. The van der Waals surface area contributed by atoms with Gasteiger partial charge in [0.15, 0.2) is 0 Å². The van der Waals surface area contributed by atoms with E-state index in [1.807, 2.05) is 0 Å². The monoisotopic (exact) mass is 589 g/mol. The van der Waals surface area contributed by atoms with E-state index in [9.17, 15) is 44.7 Å². The van der Waals surface area contributed by atoms with Gasteiger partial charge >= 0.3 is 18.8 Å². The number of rotatable bonds is 8. The van der Waals surface area contributed by atoms with Crippen LogP contribution in [0.3, 0.4) is 0 Å². The number of alkyl halides is 5. The average Bonchev–Trinajstić information content (AvgIpc) is 2.86. The smallest absolute Gasteiger partial charge is 0.416 e. The van der Waals surface area contributed by atoms with E-state index < -0.39 is 69.4 Å². The minimum Gasteiger partial charge on any atom is -0.486 e. The molecule has 7 nitrogen and oxygen atoms in total. The Balaban J connectivity index is 1.83. The molecular formula is C26H21F6NO6S. The molecule has 0 saturated heterocycles. The van der Waals surface area contributed by atoms with Gasteiger partial charge in [-0.15, -0.1) is 0 Å². The van der Waals surface area contributed by atoms with Crippen molar-refractivity contribution in [2.75, 3.05) is 10.8 Å². The third-order valence-corrected chi connectivity index (χ3v) is 7.88. The van der Waals surface area contributed by atoms with Gasteiger partial charge in [0, 0.05) is 6.07 Å². The quantitative estimate of drug-likeness (QED) is 0.316. The van der Waals surface area contributed by atoms with Crippen molar-refractivity contribution in [1.29, 1.82) is 0 Å². The lowest BCUT2D eigenvalue weighted by Gasteiger charge is -2.36. The van der Waals surface area contributed by atoms with E-state index >= 15 is 0 Å². The first-order valence-corrected chi connectivity index (χ1v) is 13.1. The van der Waals surface area contributed by atoms with Crippen LogP contribution in [0.25, 0.3) is 11.1 Å². The fraction of sp³-hybridized carbons (Fsp3) is 0.269. The van der Waals surface area contributed by atoms with Crippen molar-refractivity contribution in [3.05, 3.63) is 72.0 Å². The Labute approximate surface area is 224 Å². The summed E-state index contributed by atoms with van der Waals surface area (Å²) in [6.07, 6.45) is -5.93. The highest BCUT2D eigenvalue weighted by molar-refractivity contribution is 7.92. The minimum atomic E-state index is -4.82. The molecule has 0 spiro atoms. The van der Waals surface area contributed by atoms with E-state index in [0.29, 0.717) is 12.1 Å². The second-order valence-corrected chi connectivity index (χ2v) is 10.9. The molecule has 14 heteroatoms. The van der Waals surface area contributed by atoms with E-state index in [-0.39, 0.29) is 29.0 Å². The van der Waals surface area contributed by atoms with Gasteiger partial charge in [0.25, 0.3) is 10.0 Å². The van der Waals surface area contributed by atoms with Crippen LogP contribution in [0.5, 0.6) is 11.5 Å². The third-order valence-electron chi connectivity index (χ3n) is 6.11. The summed E-state index contributed by atoms with van der Waals surface area (Å²) in [7, 11) is -4.67. The van der Waals surface area contributed by atoms with E-state index in [1.54, 1.807) is 0 Å². The molecule has 0 radical (unpaired) electrons. The maximum absolute atomic E-state index is 14.2. The maximum Gasteiger partial charge on any atom is 0.416 e. The number of nitrogens with zero attached hydrogens (tertiary/aromatic N) is 1. The SMILES string of the molecule is CC(C[C@H]1CN(S(=O)(=O)c2cccc(C(F)(F)F)c2)c2cc(-c3cc(F)cc(OC(F)F)c3)ccc2O1)C(=O)O. The Morgan fingerprint density at radius 1 is 1.10 bits per heavy atom. The zero-order chi connectivity index (χ0) is 29.4. The topological polar surface area (TPSA) is 93.1 Å². The largest absolute Gasteiger partial charge is 0.486 e. The maximum atomic E-state index is 14.2. The molecule has 3 aromatic carbocycles. The lowest BCUT2D eigenvalue weighted by molar-refractivity contribution is -0.142. The number of benzene rings is 3. The third kappa shape index (κ3) is 6.27. The number of fused-ring (bicyclic) bond motifs is 1. The molecular weight excluding hydrogens is 568 g/mol. The van der Waals surface area contributed by atoms with Gasteiger partial charge in [0.1, 0.15) is 23.4 Å². The van der Waals surface area contributed by atoms with Gasteiger partial charge in [-0.05, 0) is 60.0 Å². The molecule has 214 valence electrons. The van der Waals surface area contributed by atoms with E-state index in [2.05, 4.69) is 4.74 Å². The Morgan fingerprint density at radius 2 is 1.82 bits per heavy atom. The summed E-state index contributed by atoms with van der Waals surface area (Å²) < 4.78 is 118. The Kier molecular flexibility index (Phi) is 7.92. The van der Waals surface area contributed by atoms with Crippen LogP contribution in [-0.2, 0) is 21.0 Å². The second kappa shape index (κ2) is 10.9. The highest BCUT2D eigenvalue weighted by Crippen LogP contribution is 2.42. The molecule has 1 N–H and O–H groups in total. The van der Waals surface area contributed by atoms with Crippen molar-refractivity contribution in [3.63, 3.8) is 0 Å². The molecule has 1 unspecified atom stereocenters. The van der Waals surface area contributed by atoms with Crippen LogP contribution < -0.4 is 13.8 Å². The second-order valence-electron chi connectivity index (χ2n) is 9.01. The fourth-order valence-corrected chi connectivity index (χ4v) is 5.74. The van der Waals surface area contributed by atoms with Crippen LogP contribution in [0.4, 0.5) is 32.0 Å². The summed E-state index contributed by atoms with van der Waals surface area (Å²) in [5, 5.41) is 9.30. The zero-order valence-corrected chi connectivity index (χ0v) is 21.3. The normalized spacial score (nSPS) is 16.3. The Bertz CT molecular complexity index is 1530. The van der Waals surface area contributed by atoms with Crippen molar-refractivity contribution in [2.45, 2.75) is 37.1 Å². The molecule has 0 bridgehead atoms. The van der Waals surface area contributed by atoms with Crippen molar-refractivity contribution in [1.82, 2.24) is 0 Å². The van der Waals surface area contributed by atoms with E-state index in [0.717, 1.165) is 34.6 Å². The highest BCUT2D eigenvalue weighted by atomic mass is 32.2. The summed E-state index contributed by atoms with van der Waals surface area (Å²) in [6, 6.07) is 9.89. The average molecular weight is 590 g/mol. The number of sulfonamides is 1. The number of hydrogen-bond acceptors (Lipinski definition) is 5. The van der Waals surface area contributed by atoms with E-state index in [4.69, 9.17) is 4.74 Å². The van der Waals surface area contributed by atoms with Gasteiger partial charge < -0.3 is 14.6 Å². The molecule has 1 heterocycles. The van der Waals surface area contributed by atoms with Gasteiger partial charge in [0.2, 0.25) is 0 Å². The molecule has 0 aromatic heterocycles. The number of hydrogen-bond donors (Lipinski definition) is 1. The first-order valence-electron chi connectivity index (χ1n) is 11.6. The lowest BCUT2D eigenvalue weighted by atomic mass is 10.0. The standard InChI is InChI=1S/C26H21F6NO6S/c1-14(24(34)35)7-20-13-33(40(36,37)21-4-2-3-17(11-21)26(30,31)32)22-10-15(5-6-23(22)38-20)16-8-18(27)12-19(9-16)39-25(28)29/h2-6,8-12,14,20,25H,7,13H2,1H3,(H,34,35)/t14?,20-/m0/s1. The molecule has 0 amide bonds. The van der Waals surface area contributed by atoms with Gasteiger partial charge in [-0.2, -0.15) is 22.0 Å². The van der Waals surface area contributed by atoms with Gasteiger partial charge in [-0.25, -0.2) is 12.8 Å². The minimum absolute atomic E-state index is 0.0337. The number of ether oxygens (including phenoxy) is 2. The van der Waals surface area contributed by atoms with Crippen LogP contribution in [-0.4, -0.2) is 38.8 Å². The molecule has 0 fully saturated rings. The molecule has 1 aliphatic heterocycles. The van der Waals surface area contributed by atoms with Gasteiger partial charge in [-0.1, -0.05) is 19.1 Å². The van der Waals surface area contributed by atoms with Crippen LogP contribution in [0, 0.1) is 11.7 Å². The number of aliphatic carboxylic acids is 1. The summed E-state index contributed by atoms with van der Waals surface area (Å²) in [6.45, 7) is -2.29. The number of carboxylic acid groups (broad SMARTS) is 1. The number of carboxylic acids is 1. The van der Waals surface area contributed by atoms with Crippen molar-refractivity contribution < 1.29 is 54.1 Å². The van der Waals surface area contributed by atoms with Crippen LogP contribution in [0.15, 0.2) is 65.6 Å². The lowest BCUT2D eigenvalue weighted by Crippen LogP contribution is -2.44. The molecule has 0 aliphatic carbocycles. The zero-order valence-electron chi connectivity index (χ0n) is 20.5. The molecule has 3 aromatic rings. The van der Waals surface area contributed by atoms with Crippen molar-refractivity contribution >= 4 is 21.7 Å². The summed E-state index contributed by atoms with van der Waals surface area (Å²) in [4.78, 5) is 10.7. The number of anilines is 1. The van der Waals surface area contributed by atoms with Gasteiger partial charge in [-0.3, -0.25) is 9.10 Å². The van der Waals surface area contributed by atoms with Crippen LogP contribution >= 0.6 is 0 Å². The van der Waals surface area contributed by atoms with Gasteiger partial charge in [0.05, 0.1) is 28.6 Å². The molecule has 40 heavy (non-hydrogen) atoms. The van der Waals surface area contributed by atoms with E-state index in [1.165, 1.54) is 25.1 Å². The highest BCUT2D eigenvalue weighted by Gasteiger charge is 2.38. The number of carbonyl (C=O) groups is 1. The summed E-state index contributed by atoms with van der Waals surface area (Å²) in [5.41, 5.74) is -1.13. The van der Waals surface area contributed by atoms with Crippen molar-refractivity contribution in [2.24, 2.45) is 5.92 Å². The first kappa shape index (κ1) is 29.1. The predicted octanol–water partition coefficient (Wildman–Crippen LogP) is 6.18. The Hall–Kier alpha value is -3.94. The number of halogens is 6.